The summed E-state index contributed by atoms with van der Waals surface area (Å²) in [5, 5.41) is 4.88. The standard InChI is InChI=1S/C23H26FN3O6S/c1-15-5-2-3-8-20(15)25-23(30)26-21(28)14-33-22(29)16-6-4-7-19(13-16)34(31,32)27-18-11-9-17(24)10-12-18/h4,6-7,9-13,15,20,27H,2-3,5,8,14H2,1H3,(H2,25,26,28,30). The average Bonchev–Trinajstić information content (AvgIpc) is 2.80. The number of hydrogen-bond donors (Lipinski definition) is 3. The van der Waals surface area contributed by atoms with Gasteiger partial charge in [-0.15, -0.1) is 0 Å². The van der Waals surface area contributed by atoms with Crippen molar-refractivity contribution in [3.05, 3.63) is 59.9 Å². The van der Waals surface area contributed by atoms with E-state index >= 15 is 0 Å². The largest absolute Gasteiger partial charge is 0.452 e. The fourth-order valence-corrected chi connectivity index (χ4v) is 4.74. The Kier molecular flexibility index (Phi) is 8.21. The summed E-state index contributed by atoms with van der Waals surface area (Å²) in [4.78, 5) is 36.1. The Morgan fingerprint density at radius 1 is 1.06 bits per heavy atom. The lowest BCUT2D eigenvalue weighted by Gasteiger charge is -2.29. The van der Waals surface area contributed by atoms with Crippen LogP contribution in [0, 0.1) is 11.7 Å². The minimum atomic E-state index is -4.06. The van der Waals surface area contributed by atoms with Crippen LogP contribution in [-0.4, -0.2) is 39.0 Å². The Morgan fingerprint density at radius 3 is 2.47 bits per heavy atom. The molecular formula is C23H26FN3O6S. The second-order valence-electron chi connectivity index (χ2n) is 8.11. The van der Waals surface area contributed by atoms with Crippen LogP contribution >= 0.6 is 0 Å². The zero-order chi connectivity index (χ0) is 24.7. The fraction of sp³-hybridized carbons (Fsp3) is 0.348. The van der Waals surface area contributed by atoms with E-state index in [0.29, 0.717) is 5.92 Å². The highest BCUT2D eigenvalue weighted by molar-refractivity contribution is 7.92. The molecule has 1 aliphatic rings. The molecule has 182 valence electrons. The highest BCUT2D eigenvalue weighted by Gasteiger charge is 2.24. The molecule has 2 aromatic carbocycles. The molecule has 0 aliphatic heterocycles. The number of benzene rings is 2. The molecule has 0 aromatic heterocycles. The summed E-state index contributed by atoms with van der Waals surface area (Å²) < 4.78 is 45.4. The minimum absolute atomic E-state index is 0.0164. The third-order valence-corrected chi connectivity index (χ3v) is 6.87. The van der Waals surface area contributed by atoms with Crippen molar-refractivity contribution in [3.8, 4) is 0 Å². The van der Waals surface area contributed by atoms with Gasteiger partial charge in [-0.3, -0.25) is 14.8 Å². The predicted octanol–water partition coefficient (Wildman–Crippen LogP) is 3.19. The van der Waals surface area contributed by atoms with Crippen molar-refractivity contribution in [1.82, 2.24) is 10.6 Å². The molecule has 1 aliphatic carbocycles. The first-order chi connectivity index (χ1) is 16.1. The monoisotopic (exact) mass is 491 g/mol. The fourth-order valence-electron chi connectivity index (χ4n) is 3.63. The summed E-state index contributed by atoms with van der Waals surface area (Å²) in [6, 6.07) is 9.08. The number of amides is 3. The molecule has 3 amide bonds. The molecule has 0 saturated heterocycles. The molecule has 0 heterocycles. The van der Waals surface area contributed by atoms with Crippen LogP contribution in [0.4, 0.5) is 14.9 Å². The first-order valence-corrected chi connectivity index (χ1v) is 12.3. The van der Waals surface area contributed by atoms with Gasteiger partial charge in [0.25, 0.3) is 15.9 Å². The molecule has 2 aromatic rings. The van der Waals surface area contributed by atoms with Gasteiger partial charge in [-0.2, -0.15) is 0 Å². The van der Waals surface area contributed by atoms with E-state index in [0.717, 1.165) is 43.9 Å². The number of esters is 1. The molecule has 11 heteroatoms. The molecule has 1 saturated carbocycles. The smallest absolute Gasteiger partial charge is 0.338 e. The number of imide groups is 1. The Labute approximate surface area is 197 Å². The molecule has 0 radical (unpaired) electrons. The normalized spacial score (nSPS) is 17.9. The molecule has 2 atom stereocenters. The van der Waals surface area contributed by atoms with Crippen LogP contribution in [0.15, 0.2) is 53.4 Å². The maximum absolute atomic E-state index is 13.0. The molecule has 3 N–H and O–H groups in total. The third-order valence-electron chi connectivity index (χ3n) is 5.49. The van der Waals surface area contributed by atoms with Crippen LogP contribution in [-0.2, 0) is 19.6 Å². The summed E-state index contributed by atoms with van der Waals surface area (Å²) in [6.07, 6.45) is 3.97. The summed E-state index contributed by atoms with van der Waals surface area (Å²) in [5.74, 6) is -1.95. The number of halogens is 1. The maximum Gasteiger partial charge on any atom is 0.338 e. The van der Waals surface area contributed by atoms with E-state index in [4.69, 9.17) is 4.74 Å². The number of carbonyl (C=O) groups excluding carboxylic acids is 3. The first kappa shape index (κ1) is 25.2. The summed E-state index contributed by atoms with van der Waals surface area (Å²) in [7, 11) is -4.06. The van der Waals surface area contributed by atoms with Crippen LogP contribution in [0.3, 0.4) is 0 Å². The topological polar surface area (TPSA) is 131 Å². The van der Waals surface area contributed by atoms with Crippen molar-refractivity contribution in [2.75, 3.05) is 11.3 Å². The predicted molar refractivity (Wildman–Crippen MR) is 122 cm³/mol. The lowest BCUT2D eigenvalue weighted by atomic mass is 9.86. The van der Waals surface area contributed by atoms with Crippen molar-refractivity contribution >= 4 is 33.6 Å². The number of ether oxygens (including phenoxy) is 1. The Morgan fingerprint density at radius 2 is 1.76 bits per heavy atom. The number of hydrogen-bond acceptors (Lipinski definition) is 6. The maximum atomic E-state index is 13.0. The second kappa shape index (κ2) is 11.1. The van der Waals surface area contributed by atoms with Crippen LogP contribution in [0.2, 0.25) is 0 Å². The van der Waals surface area contributed by atoms with Gasteiger partial charge in [0.05, 0.1) is 10.5 Å². The van der Waals surface area contributed by atoms with E-state index in [-0.39, 0.29) is 22.2 Å². The first-order valence-electron chi connectivity index (χ1n) is 10.8. The Balaban J connectivity index is 1.53. The number of nitrogens with one attached hydrogen (secondary N) is 3. The van der Waals surface area contributed by atoms with Crippen molar-refractivity contribution in [3.63, 3.8) is 0 Å². The van der Waals surface area contributed by atoms with Crippen molar-refractivity contribution < 1.29 is 31.9 Å². The number of sulfonamides is 1. The molecule has 3 rings (SSSR count). The summed E-state index contributed by atoms with van der Waals surface area (Å²) >= 11 is 0. The minimum Gasteiger partial charge on any atom is -0.452 e. The van der Waals surface area contributed by atoms with Crippen molar-refractivity contribution in [2.45, 2.75) is 43.5 Å². The summed E-state index contributed by atoms with van der Waals surface area (Å²) in [5.41, 5.74) is 0.0437. The zero-order valence-corrected chi connectivity index (χ0v) is 19.4. The van der Waals surface area contributed by atoms with Crippen LogP contribution in [0.1, 0.15) is 43.0 Å². The highest BCUT2D eigenvalue weighted by atomic mass is 32.2. The molecule has 34 heavy (non-hydrogen) atoms. The summed E-state index contributed by atoms with van der Waals surface area (Å²) in [6.45, 7) is 1.33. The van der Waals surface area contributed by atoms with E-state index in [9.17, 15) is 27.2 Å². The third kappa shape index (κ3) is 7.01. The Hall–Kier alpha value is -3.47. The number of urea groups is 1. The van der Waals surface area contributed by atoms with E-state index in [1.807, 2.05) is 6.92 Å². The molecule has 2 unspecified atom stereocenters. The van der Waals surface area contributed by atoms with Gasteiger partial charge in [-0.1, -0.05) is 25.8 Å². The van der Waals surface area contributed by atoms with Gasteiger partial charge in [0.1, 0.15) is 5.82 Å². The van der Waals surface area contributed by atoms with Gasteiger partial charge in [0.2, 0.25) is 0 Å². The van der Waals surface area contributed by atoms with Gasteiger partial charge >= 0.3 is 12.0 Å². The molecule has 0 spiro atoms. The van der Waals surface area contributed by atoms with Gasteiger partial charge in [-0.25, -0.2) is 22.4 Å². The van der Waals surface area contributed by atoms with Gasteiger partial charge < -0.3 is 10.1 Å². The lowest BCUT2D eigenvalue weighted by molar-refractivity contribution is -0.123. The van der Waals surface area contributed by atoms with Crippen molar-refractivity contribution in [2.24, 2.45) is 5.92 Å². The van der Waals surface area contributed by atoms with E-state index in [1.54, 1.807) is 0 Å². The van der Waals surface area contributed by atoms with E-state index < -0.39 is 40.4 Å². The molecule has 1 fully saturated rings. The van der Waals surface area contributed by atoms with Gasteiger partial charge in [0.15, 0.2) is 6.61 Å². The molecule has 9 nitrogen and oxygen atoms in total. The lowest BCUT2D eigenvalue weighted by Crippen LogP contribution is -2.48. The highest BCUT2D eigenvalue weighted by Crippen LogP contribution is 2.23. The second-order valence-corrected chi connectivity index (χ2v) is 9.79. The number of anilines is 1. The van der Waals surface area contributed by atoms with Gasteiger partial charge in [-0.05, 0) is 61.2 Å². The number of rotatable bonds is 7. The SMILES string of the molecule is CC1CCCCC1NC(=O)NC(=O)COC(=O)c1cccc(S(=O)(=O)Nc2ccc(F)cc2)c1. The molecule has 0 bridgehead atoms. The molecular weight excluding hydrogens is 465 g/mol. The quantitative estimate of drug-likeness (QED) is 0.510. The van der Waals surface area contributed by atoms with E-state index in [2.05, 4.69) is 15.4 Å². The average molecular weight is 492 g/mol. The zero-order valence-electron chi connectivity index (χ0n) is 18.5. The van der Waals surface area contributed by atoms with Crippen LogP contribution in [0.25, 0.3) is 0 Å². The van der Waals surface area contributed by atoms with Crippen molar-refractivity contribution in [1.29, 1.82) is 0 Å². The number of carbonyl (C=O) groups is 3. The Bertz CT molecular complexity index is 1150. The van der Waals surface area contributed by atoms with Crippen LogP contribution in [0.5, 0.6) is 0 Å². The van der Waals surface area contributed by atoms with Crippen LogP contribution < -0.4 is 15.4 Å². The van der Waals surface area contributed by atoms with Gasteiger partial charge in [0, 0.05) is 11.7 Å². The van der Waals surface area contributed by atoms with E-state index in [1.165, 1.54) is 30.3 Å².